The van der Waals surface area contributed by atoms with Gasteiger partial charge < -0.3 is 8.85 Å². The molecule has 0 fully saturated rings. The fourth-order valence-electron chi connectivity index (χ4n) is 1.87. The zero-order valence-electron chi connectivity index (χ0n) is 12.1. The quantitative estimate of drug-likeness (QED) is 0.399. The van der Waals surface area contributed by atoms with Gasteiger partial charge in [-0.15, -0.1) is 0 Å². The molecule has 0 radical (unpaired) electrons. The first-order valence-corrected chi connectivity index (χ1v) is 9.53. The van der Waals surface area contributed by atoms with Crippen LogP contribution in [0.15, 0.2) is 11.8 Å². The van der Waals surface area contributed by atoms with Gasteiger partial charge >= 0.3 is 8.56 Å². The molecular formula is C14H30O2Si. The van der Waals surface area contributed by atoms with Gasteiger partial charge in [-0.1, -0.05) is 38.7 Å². The zero-order valence-corrected chi connectivity index (χ0v) is 13.1. The third-order valence-corrected chi connectivity index (χ3v) is 5.32. The molecule has 0 bridgehead atoms. The monoisotopic (exact) mass is 258 g/mol. The van der Waals surface area contributed by atoms with Gasteiger partial charge in [-0.3, -0.25) is 0 Å². The first-order valence-electron chi connectivity index (χ1n) is 7.14. The Morgan fingerprint density at radius 1 is 0.882 bits per heavy atom. The first kappa shape index (κ1) is 16.9. The molecule has 3 heteroatoms. The SMILES string of the molecule is CCCCCCC/C=C/[Si](C)(OCC)OCC. The van der Waals surface area contributed by atoms with Crippen molar-refractivity contribution in [2.75, 3.05) is 13.2 Å². The second-order valence-corrected chi connectivity index (χ2v) is 7.43. The topological polar surface area (TPSA) is 18.5 Å². The van der Waals surface area contributed by atoms with Gasteiger partial charge in [-0.2, -0.15) is 0 Å². The Morgan fingerprint density at radius 2 is 1.47 bits per heavy atom. The molecule has 0 amide bonds. The highest BCUT2D eigenvalue weighted by Gasteiger charge is 2.26. The van der Waals surface area contributed by atoms with Gasteiger partial charge in [0.1, 0.15) is 0 Å². The van der Waals surface area contributed by atoms with E-state index in [1.54, 1.807) is 0 Å². The van der Waals surface area contributed by atoms with Crippen LogP contribution in [0.3, 0.4) is 0 Å². The number of unbranched alkanes of at least 4 members (excludes halogenated alkanes) is 5. The number of hydrogen-bond donors (Lipinski definition) is 0. The Morgan fingerprint density at radius 3 is 2.00 bits per heavy atom. The van der Waals surface area contributed by atoms with E-state index in [1.807, 2.05) is 13.8 Å². The van der Waals surface area contributed by atoms with Crippen molar-refractivity contribution < 1.29 is 8.85 Å². The van der Waals surface area contributed by atoms with Crippen LogP contribution in [0.4, 0.5) is 0 Å². The van der Waals surface area contributed by atoms with E-state index >= 15 is 0 Å². The lowest BCUT2D eigenvalue weighted by molar-refractivity contribution is 0.201. The van der Waals surface area contributed by atoms with Crippen molar-refractivity contribution in [2.45, 2.75) is 65.8 Å². The smallest absolute Gasteiger partial charge is 0.361 e. The lowest BCUT2D eigenvalue weighted by Gasteiger charge is -2.22. The van der Waals surface area contributed by atoms with E-state index < -0.39 is 8.56 Å². The van der Waals surface area contributed by atoms with Crippen LogP contribution >= 0.6 is 0 Å². The lowest BCUT2D eigenvalue weighted by atomic mass is 10.1. The molecule has 0 N–H and O–H groups in total. The molecule has 0 saturated heterocycles. The molecule has 0 aliphatic heterocycles. The summed E-state index contributed by atoms with van der Waals surface area (Å²) in [7, 11) is -2.01. The first-order chi connectivity index (χ1) is 8.18. The van der Waals surface area contributed by atoms with Crippen molar-refractivity contribution in [3.05, 3.63) is 11.8 Å². The molecule has 0 saturated carbocycles. The Bertz CT molecular complexity index is 187. The summed E-state index contributed by atoms with van der Waals surface area (Å²) in [5.74, 6) is 0. The minimum Gasteiger partial charge on any atom is -0.392 e. The standard InChI is InChI=1S/C14H30O2Si/c1-5-8-9-10-11-12-13-14-17(4,15-6-2)16-7-3/h13-14H,5-12H2,1-4H3/b14-13+. The predicted octanol–water partition coefficient (Wildman–Crippen LogP) is 4.59. The lowest BCUT2D eigenvalue weighted by Crippen LogP contribution is -2.36. The molecule has 0 aliphatic rings. The summed E-state index contributed by atoms with van der Waals surface area (Å²) < 4.78 is 11.5. The highest BCUT2D eigenvalue weighted by molar-refractivity contribution is 6.71. The van der Waals surface area contributed by atoms with E-state index in [4.69, 9.17) is 8.85 Å². The van der Waals surface area contributed by atoms with Crippen molar-refractivity contribution in [2.24, 2.45) is 0 Å². The van der Waals surface area contributed by atoms with E-state index in [2.05, 4.69) is 25.2 Å². The fourth-order valence-corrected chi connectivity index (χ4v) is 3.89. The summed E-state index contributed by atoms with van der Waals surface area (Å²) in [5, 5.41) is 0. The second-order valence-electron chi connectivity index (χ2n) is 4.49. The minimum absolute atomic E-state index is 0.740. The Hall–Kier alpha value is -0.123. The molecule has 0 atom stereocenters. The average Bonchev–Trinajstić information content (AvgIpc) is 2.28. The maximum Gasteiger partial charge on any atom is 0.361 e. The molecule has 102 valence electrons. The fraction of sp³-hybridized carbons (Fsp3) is 0.857. The molecule has 0 aromatic carbocycles. The van der Waals surface area contributed by atoms with E-state index in [0.29, 0.717) is 0 Å². The molecule has 0 rings (SSSR count). The molecule has 0 aromatic heterocycles. The van der Waals surface area contributed by atoms with Gasteiger partial charge in [-0.05, 0) is 38.9 Å². The Balaban J connectivity index is 3.76. The van der Waals surface area contributed by atoms with Gasteiger partial charge in [0.15, 0.2) is 0 Å². The highest BCUT2D eigenvalue weighted by Crippen LogP contribution is 2.11. The average molecular weight is 258 g/mol. The maximum atomic E-state index is 5.74. The van der Waals surface area contributed by atoms with Crippen molar-refractivity contribution >= 4 is 8.56 Å². The van der Waals surface area contributed by atoms with Crippen LogP contribution in [0.1, 0.15) is 59.3 Å². The van der Waals surface area contributed by atoms with Crippen LogP contribution in [0, 0.1) is 0 Å². The van der Waals surface area contributed by atoms with Crippen LogP contribution in [0.25, 0.3) is 0 Å². The Labute approximate surface area is 109 Å². The van der Waals surface area contributed by atoms with Crippen LogP contribution < -0.4 is 0 Å². The zero-order chi connectivity index (χ0) is 13.0. The largest absolute Gasteiger partial charge is 0.392 e. The number of hydrogen-bond acceptors (Lipinski definition) is 2. The van der Waals surface area contributed by atoms with Gasteiger partial charge in [0.25, 0.3) is 0 Å². The maximum absolute atomic E-state index is 5.74. The summed E-state index contributed by atoms with van der Waals surface area (Å²) in [6, 6.07) is 0. The third kappa shape index (κ3) is 9.57. The van der Waals surface area contributed by atoms with Crippen LogP contribution in [-0.4, -0.2) is 21.8 Å². The van der Waals surface area contributed by atoms with E-state index in [0.717, 1.165) is 19.6 Å². The van der Waals surface area contributed by atoms with Crippen LogP contribution in [-0.2, 0) is 8.85 Å². The second kappa shape index (κ2) is 11.0. The third-order valence-electron chi connectivity index (χ3n) is 2.76. The van der Waals surface area contributed by atoms with Crippen molar-refractivity contribution in [3.8, 4) is 0 Å². The Kier molecular flexibility index (Phi) is 10.9. The molecule has 2 nitrogen and oxygen atoms in total. The van der Waals surface area contributed by atoms with Crippen LogP contribution in [0.2, 0.25) is 6.55 Å². The molecule has 0 unspecified atom stereocenters. The van der Waals surface area contributed by atoms with Crippen molar-refractivity contribution in [1.82, 2.24) is 0 Å². The van der Waals surface area contributed by atoms with E-state index in [9.17, 15) is 0 Å². The van der Waals surface area contributed by atoms with Gasteiger partial charge in [0.2, 0.25) is 0 Å². The highest BCUT2D eigenvalue weighted by atomic mass is 28.4. The molecular weight excluding hydrogens is 228 g/mol. The number of rotatable bonds is 11. The van der Waals surface area contributed by atoms with Crippen molar-refractivity contribution in [3.63, 3.8) is 0 Å². The predicted molar refractivity (Wildman–Crippen MR) is 77.4 cm³/mol. The number of allylic oxidation sites excluding steroid dienone is 1. The van der Waals surface area contributed by atoms with E-state index in [-0.39, 0.29) is 0 Å². The summed E-state index contributed by atoms with van der Waals surface area (Å²) in [6.45, 7) is 9.91. The molecule has 0 spiro atoms. The van der Waals surface area contributed by atoms with Gasteiger partial charge in [-0.25, -0.2) is 0 Å². The molecule has 17 heavy (non-hydrogen) atoms. The van der Waals surface area contributed by atoms with E-state index in [1.165, 1.54) is 32.1 Å². The van der Waals surface area contributed by atoms with Gasteiger partial charge in [0, 0.05) is 13.2 Å². The van der Waals surface area contributed by atoms with Gasteiger partial charge in [0.05, 0.1) is 0 Å². The molecule has 0 heterocycles. The summed E-state index contributed by atoms with van der Waals surface area (Å²) in [6.07, 6.45) is 10.1. The normalized spacial score (nSPS) is 12.5. The van der Waals surface area contributed by atoms with Crippen LogP contribution in [0.5, 0.6) is 0 Å². The minimum atomic E-state index is -2.01. The summed E-state index contributed by atoms with van der Waals surface area (Å²) >= 11 is 0. The summed E-state index contributed by atoms with van der Waals surface area (Å²) in [5.41, 5.74) is 2.19. The molecule has 0 aromatic rings. The van der Waals surface area contributed by atoms with Crippen molar-refractivity contribution in [1.29, 1.82) is 0 Å². The summed E-state index contributed by atoms with van der Waals surface area (Å²) in [4.78, 5) is 0. The molecule has 0 aliphatic carbocycles.